The minimum Gasteiger partial charge on any atom is -0.335 e. The molecular formula is C19H34N4O2. The number of hydrogen-bond acceptors (Lipinski definition) is 2. The van der Waals surface area contributed by atoms with Crippen molar-refractivity contribution in [2.24, 2.45) is 0 Å². The van der Waals surface area contributed by atoms with Gasteiger partial charge in [-0.25, -0.2) is 9.59 Å². The van der Waals surface area contributed by atoms with Crippen molar-refractivity contribution < 1.29 is 9.59 Å². The number of nitrogens with one attached hydrogen (secondary N) is 2. The van der Waals surface area contributed by atoms with E-state index in [1.54, 1.807) is 0 Å². The van der Waals surface area contributed by atoms with E-state index >= 15 is 0 Å². The van der Waals surface area contributed by atoms with Crippen LogP contribution in [-0.4, -0.2) is 59.6 Å². The van der Waals surface area contributed by atoms with Crippen molar-refractivity contribution in [3.63, 3.8) is 0 Å². The highest BCUT2D eigenvalue weighted by molar-refractivity contribution is 5.77. The smallest absolute Gasteiger partial charge is 0.317 e. The monoisotopic (exact) mass is 350 g/mol. The molecule has 1 atom stereocenters. The van der Waals surface area contributed by atoms with Gasteiger partial charge in [-0.1, -0.05) is 38.5 Å². The molecule has 3 aliphatic rings. The van der Waals surface area contributed by atoms with E-state index in [-0.39, 0.29) is 18.1 Å². The van der Waals surface area contributed by atoms with E-state index in [1.165, 1.54) is 38.5 Å². The molecule has 1 heterocycles. The van der Waals surface area contributed by atoms with Gasteiger partial charge in [-0.2, -0.15) is 0 Å². The minimum absolute atomic E-state index is 0.0473. The molecule has 0 radical (unpaired) electrons. The van der Waals surface area contributed by atoms with E-state index in [0.717, 1.165) is 25.7 Å². The van der Waals surface area contributed by atoms with Crippen LogP contribution in [0.25, 0.3) is 0 Å². The SMILES string of the molecule is C[C@H]1CN(C(=O)NC2CCCCC2)CCN1C(=O)NC1CCCCC1. The van der Waals surface area contributed by atoms with Crippen LogP contribution in [0.3, 0.4) is 0 Å². The highest BCUT2D eigenvalue weighted by Gasteiger charge is 2.31. The van der Waals surface area contributed by atoms with Crippen LogP contribution >= 0.6 is 0 Å². The van der Waals surface area contributed by atoms with Crippen LogP contribution in [-0.2, 0) is 0 Å². The second-order valence-electron chi connectivity index (χ2n) is 8.06. The third-order valence-electron chi connectivity index (χ3n) is 6.04. The molecule has 25 heavy (non-hydrogen) atoms. The van der Waals surface area contributed by atoms with Crippen LogP contribution in [0.15, 0.2) is 0 Å². The van der Waals surface area contributed by atoms with Gasteiger partial charge < -0.3 is 20.4 Å². The predicted molar refractivity (Wildman–Crippen MR) is 98.6 cm³/mol. The lowest BCUT2D eigenvalue weighted by atomic mass is 9.95. The Labute approximate surface area is 151 Å². The Morgan fingerprint density at radius 3 is 1.80 bits per heavy atom. The fraction of sp³-hybridized carbons (Fsp3) is 0.895. The molecule has 0 aromatic rings. The molecule has 2 aliphatic carbocycles. The van der Waals surface area contributed by atoms with Crippen molar-refractivity contribution in [2.75, 3.05) is 19.6 Å². The fourth-order valence-electron chi connectivity index (χ4n) is 4.46. The van der Waals surface area contributed by atoms with Crippen molar-refractivity contribution >= 4 is 12.1 Å². The van der Waals surface area contributed by atoms with Gasteiger partial charge >= 0.3 is 12.1 Å². The van der Waals surface area contributed by atoms with Crippen LogP contribution in [0, 0.1) is 0 Å². The van der Waals surface area contributed by atoms with Crippen molar-refractivity contribution in [1.82, 2.24) is 20.4 Å². The van der Waals surface area contributed by atoms with Crippen LogP contribution < -0.4 is 10.6 Å². The molecule has 4 amide bonds. The maximum Gasteiger partial charge on any atom is 0.317 e. The lowest BCUT2D eigenvalue weighted by Gasteiger charge is -2.41. The van der Waals surface area contributed by atoms with Crippen LogP contribution in [0.2, 0.25) is 0 Å². The molecule has 0 aromatic heterocycles. The van der Waals surface area contributed by atoms with Crippen molar-refractivity contribution in [2.45, 2.75) is 89.3 Å². The summed E-state index contributed by atoms with van der Waals surface area (Å²) < 4.78 is 0. The summed E-state index contributed by atoms with van der Waals surface area (Å²) >= 11 is 0. The van der Waals surface area contributed by atoms with Gasteiger partial charge in [0.15, 0.2) is 0 Å². The van der Waals surface area contributed by atoms with E-state index in [9.17, 15) is 9.59 Å². The summed E-state index contributed by atoms with van der Waals surface area (Å²) in [7, 11) is 0. The standard InChI is InChI=1S/C19H34N4O2/c1-15-14-22(18(24)20-16-8-4-2-5-9-16)12-13-23(15)19(25)21-17-10-6-3-7-11-17/h15-17H,2-14H2,1H3,(H,20,24)(H,21,25)/t15-/m0/s1. The van der Waals surface area contributed by atoms with Gasteiger partial charge in [0.2, 0.25) is 0 Å². The molecule has 2 saturated carbocycles. The summed E-state index contributed by atoms with van der Waals surface area (Å²) in [5.74, 6) is 0. The first-order valence-corrected chi connectivity index (χ1v) is 10.3. The first kappa shape index (κ1) is 18.3. The predicted octanol–water partition coefficient (Wildman–Crippen LogP) is 3.08. The Balaban J connectivity index is 1.44. The third-order valence-corrected chi connectivity index (χ3v) is 6.04. The van der Waals surface area contributed by atoms with Gasteiger partial charge in [-0.05, 0) is 32.6 Å². The average molecular weight is 351 g/mol. The summed E-state index contributed by atoms with van der Waals surface area (Å²) in [5.41, 5.74) is 0. The molecule has 0 aromatic carbocycles. The Hall–Kier alpha value is -1.46. The number of nitrogens with zero attached hydrogens (tertiary/aromatic N) is 2. The molecule has 1 saturated heterocycles. The molecule has 0 spiro atoms. The van der Waals surface area contributed by atoms with Gasteiger partial charge in [0.25, 0.3) is 0 Å². The van der Waals surface area contributed by atoms with Crippen LogP contribution in [0.5, 0.6) is 0 Å². The topological polar surface area (TPSA) is 64.7 Å². The molecule has 3 fully saturated rings. The van der Waals surface area contributed by atoms with Crippen molar-refractivity contribution in [1.29, 1.82) is 0 Å². The molecule has 6 heteroatoms. The zero-order valence-electron chi connectivity index (χ0n) is 15.6. The maximum absolute atomic E-state index is 12.6. The van der Waals surface area contributed by atoms with E-state index in [0.29, 0.717) is 31.7 Å². The summed E-state index contributed by atoms with van der Waals surface area (Å²) in [4.78, 5) is 28.8. The van der Waals surface area contributed by atoms with E-state index in [4.69, 9.17) is 0 Å². The zero-order valence-corrected chi connectivity index (χ0v) is 15.6. The van der Waals surface area contributed by atoms with Crippen molar-refractivity contribution in [3.05, 3.63) is 0 Å². The molecule has 0 bridgehead atoms. The summed E-state index contributed by atoms with van der Waals surface area (Å²) in [5, 5.41) is 6.38. The van der Waals surface area contributed by atoms with Gasteiger partial charge in [0.05, 0.1) is 0 Å². The number of urea groups is 2. The highest BCUT2D eigenvalue weighted by Crippen LogP contribution is 2.20. The van der Waals surface area contributed by atoms with E-state index in [1.807, 2.05) is 16.7 Å². The van der Waals surface area contributed by atoms with Gasteiger partial charge in [0, 0.05) is 37.8 Å². The quantitative estimate of drug-likeness (QED) is 0.804. The lowest BCUT2D eigenvalue weighted by molar-refractivity contribution is 0.107. The maximum atomic E-state index is 12.6. The van der Waals surface area contributed by atoms with Gasteiger partial charge in [-0.3, -0.25) is 0 Å². The van der Waals surface area contributed by atoms with Crippen molar-refractivity contribution in [3.8, 4) is 0 Å². The molecule has 2 N–H and O–H groups in total. The number of piperazine rings is 1. The normalized spacial score (nSPS) is 26.4. The molecule has 1 aliphatic heterocycles. The third kappa shape index (κ3) is 5.02. The second kappa shape index (κ2) is 8.77. The number of amides is 4. The molecular weight excluding hydrogens is 316 g/mol. The Kier molecular flexibility index (Phi) is 6.43. The lowest BCUT2D eigenvalue weighted by Crippen LogP contribution is -2.60. The van der Waals surface area contributed by atoms with Crippen LogP contribution in [0.4, 0.5) is 9.59 Å². The number of carbonyl (C=O) groups excluding carboxylic acids is 2. The average Bonchev–Trinajstić information content (AvgIpc) is 2.63. The fourth-order valence-corrected chi connectivity index (χ4v) is 4.46. The first-order valence-electron chi connectivity index (χ1n) is 10.3. The largest absolute Gasteiger partial charge is 0.335 e. The van der Waals surface area contributed by atoms with E-state index < -0.39 is 0 Å². The number of carbonyl (C=O) groups is 2. The Bertz CT molecular complexity index is 458. The van der Waals surface area contributed by atoms with Gasteiger partial charge in [0.1, 0.15) is 0 Å². The first-order chi connectivity index (χ1) is 12.1. The van der Waals surface area contributed by atoms with Gasteiger partial charge in [-0.15, -0.1) is 0 Å². The highest BCUT2D eigenvalue weighted by atomic mass is 16.2. The minimum atomic E-state index is 0.0473. The summed E-state index contributed by atoms with van der Waals surface area (Å²) in [6.07, 6.45) is 11.9. The summed E-state index contributed by atoms with van der Waals surface area (Å²) in [6.45, 7) is 3.91. The number of hydrogen-bond donors (Lipinski definition) is 2. The molecule has 3 rings (SSSR count). The van der Waals surface area contributed by atoms with Crippen LogP contribution in [0.1, 0.15) is 71.1 Å². The Morgan fingerprint density at radius 1 is 0.760 bits per heavy atom. The number of rotatable bonds is 2. The zero-order chi connectivity index (χ0) is 17.6. The second-order valence-corrected chi connectivity index (χ2v) is 8.06. The molecule has 6 nitrogen and oxygen atoms in total. The molecule has 0 unspecified atom stereocenters. The molecule has 142 valence electrons. The Morgan fingerprint density at radius 2 is 1.28 bits per heavy atom. The summed E-state index contributed by atoms with van der Waals surface area (Å²) in [6, 6.07) is 0.831. The van der Waals surface area contributed by atoms with E-state index in [2.05, 4.69) is 10.6 Å².